The Kier molecular flexibility index (Phi) is 6.70. The van der Waals surface area contributed by atoms with E-state index >= 15 is 0 Å². The highest BCUT2D eigenvalue weighted by Gasteiger charge is 2.41. The van der Waals surface area contributed by atoms with E-state index in [1.807, 2.05) is 0 Å². The Morgan fingerprint density at radius 2 is 2.00 bits per heavy atom. The van der Waals surface area contributed by atoms with E-state index in [1.54, 1.807) is 0 Å². The van der Waals surface area contributed by atoms with Gasteiger partial charge in [-0.2, -0.15) is 11.8 Å². The molecule has 0 aromatic rings. The molecule has 2 fully saturated rings. The third-order valence-corrected chi connectivity index (χ3v) is 5.96. The van der Waals surface area contributed by atoms with Crippen LogP contribution in [0.4, 0.5) is 0 Å². The van der Waals surface area contributed by atoms with E-state index in [2.05, 4.69) is 42.7 Å². The van der Waals surface area contributed by atoms with Crippen LogP contribution in [-0.4, -0.2) is 47.6 Å². The maximum absolute atomic E-state index is 3.88. The Morgan fingerprint density at radius 3 is 2.65 bits per heavy atom. The molecule has 1 saturated heterocycles. The van der Waals surface area contributed by atoms with E-state index in [9.17, 15) is 0 Å². The van der Waals surface area contributed by atoms with E-state index in [0.717, 1.165) is 5.92 Å². The first-order valence-corrected chi connectivity index (χ1v) is 9.88. The highest BCUT2D eigenvalue weighted by Crippen LogP contribution is 2.36. The third-order valence-electron chi connectivity index (χ3n) is 5.08. The van der Waals surface area contributed by atoms with Gasteiger partial charge in [-0.25, -0.2) is 0 Å². The molecule has 2 aliphatic rings. The number of nitrogens with zero attached hydrogens (tertiary/aromatic N) is 1. The van der Waals surface area contributed by atoms with Gasteiger partial charge in [0.2, 0.25) is 0 Å². The van der Waals surface area contributed by atoms with E-state index in [1.165, 1.54) is 69.7 Å². The van der Waals surface area contributed by atoms with Crippen LogP contribution in [-0.2, 0) is 0 Å². The van der Waals surface area contributed by atoms with Crippen molar-refractivity contribution in [3.63, 3.8) is 0 Å². The number of piperazine rings is 1. The van der Waals surface area contributed by atoms with Crippen molar-refractivity contribution in [2.45, 2.75) is 70.9 Å². The molecule has 0 aromatic carbocycles. The summed E-state index contributed by atoms with van der Waals surface area (Å²) in [5.41, 5.74) is 0.500. The molecule has 2 nitrogen and oxygen atoms in total. The lowest BCUT2D eigenvalue weighted by Crippen LogP contribution is -2.65. The van der Waals surface area contributed by atoms with E-state index in [-0.39, 0.29) is 0 Å². The summed E-state index contributed by atoms with van der Waals surface area (Å²) >= 11 is 2.10. The number of hydrogen-bond acceptors (Lipinski definition) is 3. The molecule has 0 aromatic heterocycles. The minimum atomic E-state index is 0.500. The van der Waals surface area contributed by atoms with Crippen molar-refractivity contribution in [1.29, 1.82) is 0 Å². The van der Waals surface area contributed by atoms with Crippen LogP contribution in [0, 0.1) is 5.92 Å². The maximum Gasteiger partial charge on any atom is 0.0335 e. The Hall–Kier alpha value is 0.270. The minimum absolute atomic E-state index is 0.500. The topological polar surface area (TPSA) is 15.3 Å². The Labute approximate surface area is 130 Å². The van der Waals surface area contributed by atoms with Crippen molar-refractivity contribution < 1.29 is 0 Å². The van der Waals surface area contributed by atoms with E-state index in [4.69, 9.17) is 0 Å². The van der Waals surface area contributed by atoms with E-state index < -0.39 is 0 Å². The summed E-state index contributed by atoms with van der Waals surface area (Å²) in [6.45, 7) is 10.8. The molecule has 2 rings (SSSR count). The van der Waals surface area contributed by atoms with Crippen molar-refractivity contribution in [3.05, 3.63) is 0 Å². The zero-order chi connectivity index (χ0) is 14.4. The molecule has 0 radical (unpaired) electrons. The summed E-state index contributed by atoms with van der Waals surface area (Å²) in [5.74, 6) is 3.38. The second-order valence-electron chi connectivity index (χ2n) is 7.14. The van der Waals surface area contributed by atoms with Gasteiger partial charge in [-0.3, -0.25) is 4.90 Å². The quantitative estimate of drug-likeness (QED) is 0.752. The van der Waals surface area contributed by atoms with Crippen LogP contribution in [0.1, 0.15) is 59.3 Å². The summed E-state index contributed by atoms with van der Waals surface area (Å²) in [6.07, 6.45) is 8.50. The fourth-order valence-corrected chi connectivity index (χ4v) is 4.69. The molecule has 20 heavy (non-hydrogen) atoms. The summed E-state index contributed by atoms with van der Waals surface area (Å²) in [6, 6.07) is 0.717. The number of hydrogen-bond donors (Lipinski definition) is 1. The molecule has 1 aliphatic heterocycles. The molecule has 3 heteroatoms. The van der Waals surface area contributed by atoms with Crippen LogP contribution in [0.25, 0.3) is 0 Å². The zero-order valence-corrected chi connectivity index (χ0v) is 14.6. The van der Waals surface area contributed by atoms with Crippen molar-refractivity contribution in [2.75, 3.05) is 31.1 Å². The first-order valence-electron chi connectivity index (χ1n) is 8.72. The van der Waals surface area contributed by atoms with Crippen LogP contribution in [0.5, 0.6) is 0 Å². The second-order valence-corrected chi connectivity index (χ2v) is 8.53. The van der Waals surface area contributed by atoms with Crippen LogP contribution in [0.3, 0.4) is 0 Å². The highest BCUT2D eigenvalue weighted by molar-refractivity contribution is 7.99. The Balaban J connectivity index is 1.96. The van der Waals surface area contributed by atoms with Crippen molar-refractivity contribution in [3.8, 4) is 0 Å². The fourth-order valence-electron chi connectivity index (χ4n) is 4.05. The minimum Gasteiger partial charge on any atom is -0.311 e. The van der Waals surface area contributed by atoms with Gasteiger partial charge in [0.25, 0.3) is 0 Å². The summed E-state index contributed by atoms with van der Waals surface area (Å²) < 4.78 is 0. The number of rotatable bonds is 6. The SMILES string of the molecule is CCSCCN1CC(CC(C)C)NCC12CCCCC2. The first kappa shape index (κ1) is 16.6. The van der Waals surface area contributed by atoms with Crippen molar-refractivity contribution in [1.82, 2.24) is 10.2 Å². The first-order chi connectivity index (χ1) is 9.66. The van der Waals surface area contributed by atoms with Crippen LogP contribution < -0.4 is 5.32 Å². The monoisotopic (exact) mass is 298 g/mol. The van der Waals surface area contributed by atoms with Gasteiger partial charge in [0.05, 0.1) is 0 Å². The highest BCUT2D eigenvalue weighted by atomic mass is 32.2. The lowest BCUT2D eigenvalue weighted by molar-refractivity contribution is 0.0117. The molecule has 1 aliphatic carbocycles. The van der Waals surface area contributed by atoms with Gasteiger partial charge in [-0.05, 0) is 30.9 Å². The molecule has 0 bridgehead atoms. The molecule has 1 heterocycles. The van der Waals surface area contributed by atoms with Crippen LogP contribution >= 0.6 is 11.8 Å². The molecule has 1 spiro atoms. The standard InChI is InChI=1S/C17H34N2S/c1-4-20-11-10-19-13-16(12-15(2)3)18-14-17(19)8-6-5-7-9-17/h15-16,18H,4-14H2,1-3H3. The molecular weight excluding hydrogens is 264 g/mol. The van der Waals surface area contributed by atoms with Gasteiger partial charge in [0, 0.05) is 37.0 Å². The molecular formula is C17H34N2S. The van der Waals surface area contributed by atoms with Gasteiger partial charge in [0.1, 0.15) is 0 Å². The Morgan fingerprint density at radius 1 is 1.25 bits per heavy atom. The van der Waals surface area contributed by atoms with Crippen LogP contribution in [0.2, 0.25) is 0 Å². The molecule has 1 atom stereocenters. The molecule has 0 amide bonds. The normalized spacial score (nSPS) is 27.3. The average molecular weight is 299 g/mol. The summed E-state index contributed by atoms with van der Waals surface area (Å²) in [7, 11) is 0. The van der Waals surface area contributed by atoms with E-state index in [0.29, 0.717) is 11.6 Å². The smallest absolute Gasteiger partial charge is 0.0335 e. The fraction of sp³-hybridized carbons (Fsp3) is 1.00. The lowest BCUT2D eigenvalue weighted by Gasteiger charge is -2.52. The van der Waals surface area contributed by atoms with Gasteiger partial charge in [-0.1, -0.05) is 40.0 Å². The van der Waals surface area contributed by atoms with Gasteiger partial charge in [-0.15, -0.1) is 0 Å². The largest absolute Gasteiger partial charge is 0.311 e. The average Bonchev–Trinajstić information content (AvgIpc) is 2.43. The Bertz CT molecular complexity index is 274. The second kappa shape index (κ2) is 8.05. The predicted molar refractivity (Wildman–Crippen MR) is 91.6 cm³/mol. The van der Waals surface area contributed by atoms with Crippen molar-refractivity contribution in [2.24, 2.45) is 5.92 Å². The third kappa shape index (κ3) is 4.38. The van der Waals surface area contributed by atoms with Crippen LogP contribution in [0.15, 0.2) is 0 Å². The molecule has 1 unspecified atom stereocenters. The molecule has 1 N–H and O–H groups in total. The van der Waals surface area contributed by atoms with Gasteiger partial charge in [0.15, 0.2) is 0 Å². The summed E-state index contributed by atoms with van der Waals surface area (Å²) in [4.78, 5) is 2.87. The molecule has 118 valence electrons. The molecule has 1 saturated carbocycles. The zero-order valence-electron chi connectivity index (χ0n) is 13.8. The number of nitrogens with one attached hydrogen (secondary N) is 1. The van der Waals surface area contributed by atoms with Gasteiger partial charge >= 0.3 is 0 Å². The number of thioether (sulfide) groups is 1. The maximum atomic E-state index is 3.88. The predicted octanol–water partition coefficient (Wildman–Crippen LogP) is 3.76. The summed E-state index contributed by atoms with van der Waals surface area (Å²) in [5, 5.41) is 3.88. The van der Waals surface area contributed by atoms with Gasteiger partial charge < -0.3 is 5.32 Å². The lowest BCUT2D eigenvalue weighted by atomic mass is 9.78. The van der Waals surface area contributed by atoms with Crippen molar-refractivity contribution >= 4 is 11.8 Å².